The maximum Gasteiger partial charge on any atom is 0.184 e. The summed E-state index contributed by atoms with van der Waals surface area (Å²) in [6.07, 6.45) is -3.57. The minimum atomic E-state index is -1.43. The van der Waals surface area contributed by atoms with Gasteiger partial charge >= 0.3 is 0 Å². The third-order valence-electron chi connectivity index (χ3n) is 5.53. The van der Waals surface area contributed by atoms with Crippen LogP contribution >= 0.6 is 0 Å². The second-order valence-electron chi connectivity index (χ2n) is 8.26. The van der Waals surface area contributed by atoms with Crippen molar-refractivity contribution in [1.29, 1.82) is 0 Å². The topological polar surface area (TPSA) is 116 Å². The number of hydrogen-bond acceptors (Lipinski definition) is 9. The molecule has 0 amide bonds. The molecule has 0 aromatic heterocycles. The van der Waals surface area contributed by atoms with E-state index in [4.69, 9.17) is 33.5 Å². The van der Waals surface area contributed by atoms with Gasteiger partial charge in [0.05, 0.1) is 66.1 Å². The highest BCUT2D eigenvalue weighted by molar-refractivity contribution is 5.15. The van der Waals surface area contributed by atoms with Crippen molar-refractivity contribution in [2.75, 3.05) is 52.9 Å². The van der Waals surface area contributed by atoms with Gasteiger partial charge in [0, 0.05) is 0 Å². The van der Waals surface area contributed by atoms with Crippen LogP contribution in [0.2, 0.25) is 0 Å². The van der Waals surface area contributed by atoms with Gasteiger partial charge in [-0.15, -0.1) is 0 Å². The lowest BCUT2D eigenvalue weighted by Crippen LogP contribution is -2.52. The van der Waals surface area contributed by atoms with Crippen molar-refractivity contribution < 1.29 is 43.7 Å². The third-order valence-corrected chi connectivity index (χ3v) is 5.53. The fourth-order valence-electron chi connectivity index (χ4n) is 3.79. The summed E-state index contributed by atoms with van der Waals surface area (Å²) >= 11 is 0. The van der Waals surface area contributed by atoms with Gasteiger partial charge < -0.3 is 43.7 Å². The van der Waals surface area contributed by atoms with Crippen LogP contribution in [0.4, 0.5) is 0 Å². The summed E-state index contributed by atoms with van der Waals surface area (Å²) in [7, 11) is 0. The summed E-state index contributed by atoms with van der Waals surface area (Å²) in [5.74, 6) is 0. The van der Waals surface area contributed by atoms with Crippen LogP contribution < -0.4 is 0 Å². The van der Waals surface area contributed by atoms with E-state index in [1.165, 1.54) is 0 Å². The van der Waals surface area contributed by atoms with E-state index < -0.39 is 24.1 Å². The Balaban J connectivity index is 1.58. The van der Waals surface area contributed by atoms with Crippen LogP contribution in [0.5, 0.6) is 0 Å². The summed E-state index contributed by atoms with van der Waals surface area (Å²) in [6.45, 7) is 2.24. The van der Waals surface area contributed by atoms with Crippen molar-refractivity contribution in [3.8, 4) is 0 Å². The van der Waals surface area contributed by atoms with Crippen LogP contribution in [0, 0.1) is 0 Å². The second kappa shape index (κ2) is 15.2. The zero-order valence-electron chi connectivity index (χ0n) is 19.9. The van der Waals surface area contributed by atoms with E-state index in [1.807, 2.05) is 60.7 Å². The van der Waals surface area contributed by atoms with Crippen LogP contribution in [0.3, 0.4) is 0 Å². The van der Waals surface area contributed by atoms with Gasteiger partial charge in [-0.25, -0.2) is 0 Å². The van der Waals surface area contributed by atoms with Crippen molar-refractivity contribution in [2.24, 2.45) is 0 Å². The molecule has 4 atom stereocenters. The smallest absolute Gasteiger partial charge is 0.184 e. The standard InChI is InChI=1S/C26H36O9/c27-11-12-30-13-14-31-15-16-32-19-26(20-33-17-21-7-3-1-4-8-21)24(23(28)25(29)35-26)34-18-22-9-5-2-6-10-22/h1-10,23-25,27-29H,11-20H2/t23-,24+,25?,26-/m1/s1. The molecule has 1 aliphatic rings. The monoisotopic (exact) mass is 492 g/mol. The van der Waals surface area contributed by atoms with Gasteiger partial charge in [-0.1, -0.05) is 60.7 Å². The Morgan fingerprint density at radius 1 is 0.686 bits per heavy atom. The Morgan fingerprint density at radius 3 is 1.86 bits per heavy atom. The molecule has 9 nitrogen and oxygen atoms in total. The molecule has 1 fully saturated rings. The molecule has 1 unspecified atom stereocenters. The second-order valence-corrected chi connectivity index (χ2v) is 8.26. The van der Waals surface area contributed by atoms with Crippen molar-refractivity contribution in [2.45, 2.75) is 37.3 Å². The van der Waals surface area contributed by atoms with E-state index in [1.54, 1.807) is 0 Å². The Morgan fingerprint density at radius 2 is 1.23 bits per heavy atom. The molecule has 3 rings (SSSR count). The Labute approximate surface area is 206 Å². The fraction of sp³-hybridized carbons (Fsp3) is 0.538. The molecule has 1 heterocycles. The van der Waals surface area contributed by atoms with Gasteiger partial charge in [0.25, 0.3) is 0 Å². The van der Waals surface area contributed by atoms with Crippen molar-refractivity contribution in [1.82, 2.24) is 0 Å². The average Bonchev–Trinajstić information content (AvgIpc) is 3.12. The van der Waals surface area contributed by atoms with Crippen molar-refractivity contribution in [3.63, 3.8) is 0 Å². The minimum absolute atomic E-state index is 0.0250. The van der Waals surface area contributed by atoms with E-state index in [-0.39, 0.29) is 39.6 Å². The molecule has 3 N–H and O–H groups in total. The van der Waals surface area contributed by atoms with E-state index in [9.17, 15) is 10.2 Å². The molecule has 1 saturated heterocycles. The number of rotatable bonds is 17. The highest BCUT2D eigenvalue weighted by atomic mass is 16.7. The number of ether oxygens (including phenoxy) is 6. The number of aliphatic hydroxyl groups is 3. The highest BCUT2D eigenvalue weighted by Crippen LogP contribution is 2.34. The molecular weight excluding hydrogens is 456 g/mol. The Bertz CT molecular complexity index is 807. The summed E-state index contributed by atoms with van der Waals surface area (Å²) in [4.78, 5) is 0. The van der Waals surface area contributed by atoms with E-state index in [0.717, 1.165) is 11.1 Å². The first kappa shape index (κ1) is 27.7. The SMILES string of the molecule is OCCOCCOCCOC[C@]1(COCc2ccccc2)OC(O)[C@H](O)[C@@H]1OCc1ccccc1. The molecule has 0 bridgehead atoms. The summed E-state index contributed by atoms with van der Waals surface area (Å²) < 4.78 is 34.2. The quantitative estimate of drug-likeness (QED) is 0.281. The maximum atomic E-state index is 10.7. The van der Waals surface area contributed by atoms with Crippen LogP contribution in [0.15, 0.2) is 60.7 Å². The zero-order valence-corrected chi connectivity index (χ0v) is 19.9. The Kier molecular flexibility index (Phi) is 12.1. The molecule has 194 valence electrons. The molecule has 0 spiro atoms. The normalized spacial score (nSPS) is 24.1. The van der Waals surface area contributed by atoms with Gasteiger partial charge in [-0.2, -0.15) is 0 Å². The predicted molar refractivity (Wildman–Crippen MR) is 126 cm³/mol. The van der Waals surface area contributed by atoms with Crippen molar-refractivity contribution >= 4 is 0 Å². The maximum absolute atomic E-state index is 10.7. The molecule has 2 aromatic rings. The molecule has 0 aliphatic carbocycles. The van der Waals surface area contributed by atoms with E-state index in [0.29, 0.717) is 26.4 Å². The molecule has 9 heteroatoms. The molecule has 0 radical (unpaired) electrons. The fourth-order valence-corrected chi connectivity index (χ4v) is 3.79. The summed E-state index contributed by atoms with van der Waals surface area (Å²) in [6, 6.07) is 19.3. The number of benzene rings is 2. The minimum Gasteiger partial charge on any atom is -0.394 e. The van der Waals surface area contributed by atoms with Crippen LogP contribution in [0.1, 0.15) is 11.1 Å². The van der Waals surface area contributed by atoms with Crippen LogP contribution in [-0.2, 0) is 41.6 Å². The first-order chi connectivity index (χ1) is 17.1. The molecule has 35 heavy (non-hydrogen) atoms. The predicted octanol–water partition coefficient (Wildman–Crippen LogP) is 1.28. The van der Waals surface area contributed by atoms with Gasteiger partial charge in [-0.05, 0) is 11.1 Å². The lowest BCUT2D eigenvalue weighted by atomic mass is 9.96. The average molecular weight is 493 g/mol. The zero-order chi connectivity index (χ0) is 24.8. The van der Waals surface area contributed by atoms with Crippen LogP contribution in [0.25, 0.3) is 0 Å². The lowest BCUT2D eigenvalue weighted by Gasteiger charge is -2.34. The highest BCUT2D eigenvalue weighted by Gasteiger charge is 2.56. The largest absolute Gasteiger partial charge is 0.394 e. The van der Waals surface area contributed by atoms with Gasteiger partial charge in [0.15, 0.2) is 6.29 Å². The molecular formula is C26H36O9. The van der Waals surface area contributed by atoms with Crippen LogP contribution in [-0.4, -0.2) is 92.3 Å². The molecule has 0 saturated carbocycles. The molecule has 1 aliphatic heterocycles. The molecule has 2 aromatic carbocycles. The van der Waals surface area contributed by atoms with Crippen molar-refractivity contribution in [3.05, 3.63) is 71.8 Å². The lowest BCUT2D eigenvalue weighted by molar-refractivity contribution is -0.207. The third kappa shape index (κ3) is 8.91. The summed E-state index contributed by atoms with van der Waals surface area (Å²) in [5.41, 5.74) is 0.700. The van der Waals surface area contributed by atoms with E-state index >= 15 is 0 Å². The van der Waals surface area contributed by atoms with Gasteiger partial charge in [0.1, 0.15) is 17.8 Å². The van der Waals surface area contributed by atoms with Gasteiger partial charge in [0.2, 0.25) is 0 Å². The number of hydrogen-bond donors (Lipinski definition) is 3. The first-order valence-electron chi connectivity index (χ1n) is 11.8. The number of aliphatic hydroxyl groups excluding tert-OH is 3. The van der Waals surface area contributed by atoms with Gasteiger partial charge in [-0.3, -0.25) is 0 Å². The Hall–Kier alpha value is -1.92. The van der Waals surface area contributed by atoms with E-state index in [2.05, 4.69) is 0 Å². The summed E-state index contributed by atoms with van der Waals surface area (Å²) in [5, 5.41) is 29.7. The first-order valence-corrected chi connectivity index (χ1v) is 11.8.